The summed E-state index contributed by atoms with van der Waals surface area (Å²) in [5.74, 6) is 2.33. The first-order valence-corrected chi connectivity index (χ1v) is 9.95. The van der Waals surface area contributed by atoms with Gasteiger partial charge in [-0.15, -0.1) is 0 Å². The van der Waals surface area contributed by atoms with Crippen molar-refractivity contribution in [3.05, 3.63) is 73.3 Å². The van der Waals surface area contributed by atoms with E-state index in [-0.39, 0.29) is 0 Å². The Morgan fingerprint density at radius 1 is 0.581 bits per heavy atom. The Hall–Kier alpha value is -4.59. The number of nitrogens with zero attached hydrogens (tertiary/aromatic N) is 8. The predicted molar refractivity (Wildman–Crippen MR) is 117 cm³/mol. The number of hydrogen-bond acceptors (Lipinski definition) is 5. The van der Waals surface area contributed by atoms with Gasteiger partial charge in [-0.05, 0) is 36.4 Å². The molecule has 0 fully saturated rings. The molecule has 0 saturated carbocycles. The average Bonchev–Trinajstić information content (AvgIpc) is 3.53. The number of aromatic nitrogens is 8. The Morgan fingerprint density at radius 2 is 1.13 bits per heavy atom. The van der Waals surface area contributed by atoms with E-state index in [0.29, 0.717) is 5.82 Å². The minimum absolute atomic E-state index is 0.636. The molecule has 0 saturated heterocycles. The minimum Gasteiger partial charge on any atom is -0.276 e. The molecular weight excluding hydrogens is 388 g/mol. The minimum atomic E-state index is 0.636. The van der Waals surface area contributed by atoms with Crippen molar-refractivity contribution in [2.75, 3.05) is 0 Å². The maximum Gasteiger partial charge on any atom is 0.223 e. The second-order valence-corrected chi connectivity index (χ2v) is 7.63. The highest BCUT2D eigenvalue weighted by Crippen LogP contribution is 2.36. The average molecular weight is 400 g/mol. The molecule has 0 N–H and O–H groups in total. The number of rotatable bonds is 1. The Morgan fingerprint density at radius 3 is 1.71 bits per heavy atom. The van der Waals surface area contributed by atoms with Crippen molar-refractivity contribution in [3.8, 4) is 11.4 Å². The molecule has 144 valence electrons. The highest BCUT2D eigenvalue weighted by molar-refractivity contribution is 6.05. The van der Waals surface area contributed by atoms with Crippen LogP contribution in [0.15, 0.2) is 73.3 Å². The second kappa shape index (κ2) is 5.11. The van der Waals surface area contributed by atoms with Gasteiger partial charge >= 0.3 is 0 Å². The van der Waals surface area contributed by atoms with Crippen LogP contribution < -0.4 is 0 Å². The van der Waals surface area contributed by atoms with Gasteiger partial charge in [-0.2, -0.15) is 0 Å². The van der Waals surface area contributed by atoms with E-state index < -0.39 is 0 Å². The van der Waals surface area contributed by atoms with Crippen LogP contribution in [0, 0.1) is 0 Å². The lowest BCUT2D eigenvalue weighted by atomic mass is 10.1. The van der Waals surface area contributed by atoms with E-state index in [1.807, 2.05) is 36.4 Å². The van der Waals surface area contributed by atoms with E-state index in [1.165, 1.54) is 12.7 Å². The number of imidazole rings is 4. The van der Waals surface area contributed by atoms with E-state index in [0.717, 1.165) is 55.7 Å². The number of fused-ring (bicyclic) bond motifs is 10. The lowest BCUT2D eigenvalue weighted by molar-refractivity contribution is 1.06. The fraction of sp³-hybridized carbons (Fsp3) is 0. The summed E-state index contributed by atoms with van der Waals surface area (Å²) in [6.45, 7) is 0. The molecule has 0 aliphatic heterocycles. The van der Waals surface area contributed by atoms with Crippen molar-refractivity contribution < 1.29 is 0 Å². The fourth-order valence-electron chi connectivity index (χ4n) is 4.78. The number of para-hydroxylation sites is 4. The van der Waals surface area contributed by atoms with Crippen LogP contribution in [0.3, 0.4) is 0 Å². The van der Waals surface area contributed by atoms with Gasteiger partial charge in [0.2, 0.25) is 11.6 Å². The van der Waals surface area contributed by atoms with Crippen LogP contribution in [0.2, 0.25) is 0 Å². The molecule has 8 nitrogen and oxygen atoms in total. The molecule has 5 aromatic heterocycles. The van der Waals surface area contributed by atoms with Crippen LogP contribution >= 0.6 is 0 Å². The fourth-order valence-corrected chi connectivity index (χ4v) is 4.78. The van der Waals surface area contributed by atoms with Crippen LogP contribution in [0.4, 0.5) is 0 Å². The molecule has 0 spiro atoms. The van der Waals surface area contributed by atoms with E-state index in [1.54, 1.807) is 0 Å². The molecule has 0 aliphatic carbocycles. The molecule has 8 rings (SSSR count). The van der Waals surface area contributed by atoms with Gasteiger partial charge in [-0.3, -0.25) is 8.80 Å². The van der Waals surface area contributed by atoms with Crippen LogP contribution in [-0.4, -0.2) is 38.1 Å². The molecule has 0 unspecified atom stereocenters. The summed E-state index contributed by atoms with van der Waals surface area (Å²) in [4.78, 5) is 22.7. The summed E-state index contributed by atoms with van der Waals surface area (Å²) in [6, 6.07) is 20.6. The van der Waals surface area contributed by atoms with Crippen molar-refractivity contribution in [3.63, 3.8) is 0 Å². The highest BCUT2D eigenvalue weighted by Gasteiger charge is 2.24. The third-order valence-electron chi connectivity index (χ3n) is 6.01. The lowest BCUT2D eigenvalue weighted by Crippen LogP contribution is -1.91. The standard InChI is InChI=1S/C23H12N8/c1-3-7-16-14(5-1)27-22-29(16)18-9-13(21-25-11-24-12-26-21)10-19-20(18)31(22)23-28-15-6-2-4-8-17(15)30(19)23/h1-12H. The van der Waals surface area contributed by atoms with E-state index in [4.69, 9.17) is 9.97 Å². The van der Waals surface area contributed by atoms with Gasteiger partial charge in [-0.1, -0.05) is 24.3 Å². The molecule has 8 aromatic rings. The third-order valence-corrected chi connectivity index (χ3v) is 6.01. The normalized spacial score (nSPS) is 12.5. The third kappa shape index (κ3) is 1.74. The van der Waals surface area contributed by atoms with Gasteiger partial charge in [0.15, 0.2) is 5.82 Å². The maximum absolute atomic E-state index is 4.96. The zero-order chi connectivity index (χ0) is 20.1. The summed E-state index contributed by atoms with van der Waals surface area (Å²) < 4.78 is 6.55. The van der Waals surface area contributed by atoms with Crippen molar-refractivity contribution >= 4 is 50.2 Å². The maximum atomic E-state index is 4.96. The van der Waals surface area contributed by atoms with E-state index >= 15 is 0 Å². The molecule has 0 atom stereocenters. The van der Waals surface area contributed by atoms with Gasteiger partial charge in [0, 0.05) is 5.56 Å². The van der Waals surface area contributed by atoms with Crippen LogP contribution in [0.25, 0.3) is 61.6 Å². The van der Waals surface area contributed by atoms with Crippen molar-refractivity contribution in [1.29, 1.82) is 0 Å². The van der Waals surface area contributed by atoms with E-state index in [2.05, 4.69) is 52.4 Å². The Kier molecular flexibility index (Phi) is 2.52. The molecule has 3 aromatic carbocycles. The molecule has 0 aliphatic rings. The molecular formula is C23H12N8. The van der Waals surface area contributed by atoms with Gasteiger partial charge in [-0.25, -0.2) is 29.3 Å². The quantitative estimate of drug-likeness (QED) is 0.416. The first-order valence-electron chi connectivity index (χ1n) is 9.95. The summed E-state index contributed by atoms with van der Waals surface area (Å²) >= 11 is 0. The Bertz CT molecular complexity index is 1820. The van der Waals surface area contributed by atoms with Crippen LogP contribution in [0.1, 0.15) is 0 Å². The predicted octanol–water partition coefficient (Wildman–Crippen LogP) is 3.98. The number of hydrogen-bond donors (Lipinski definition) is 0. The van der Waals surface area contributed by atoms with Gasteiger partial charge in [0.25, 0.3) is 0 Å². The summed E-state index contributed by atoms with van der Waals surface area (Å²) in [5, 5.41) is 0. The molecule has 0 radical (unpaired) electrons. The smallest absolute Gasteiger partial charge is 0.223 e. The second-order valence-electron chi connectivity index (χ2n) is 7.63. The molecule has 8 heteroatoms. The summed E-state index contributed by atoms with van der Waals surface area (Å²) in [6.07, 6.45) is 3.05. The summed E-state index contributed by atoms with van der Waals surface area (Å²) in [5.41, 5.74) is 8.12. The molecule has 5 heterocycles. The largest absolute Gasteiger partial charge is 0.276 e. The van der Waals surface area contributed by atoms with Gasteiger partial charge in [0.05, 0.1) is 33.1 Å². The van der Waals surface area contributed by atoms with Crippen molar-refractivity contribution in [1.82, 2.24) is 38.1 Å². The molecule has 0 bridgehead atoms. The van der Waals surface area contributed by atoms with Crippen molar-refractivity contribution in [2.45, 2.75) is 0 Å². The summed E-state index contributed by atoms with van der Waals surface area (Å²) in [7, 11) is 0. The Balaban J connectivity index is 1.71. The number of benzene rings is 3. The lowest BCUT2D eigenvalue weighted by Gasteiger charge is -2.03. The molecule has 31 heavy (non-hydrogen) atoms. The first-order chi connectivity index (χ1) is 15.4. The van der Waals surface area contributed by atoms with Crippen LogP contribution in [-0.2, 0) is 0 Å². The first kappa shape index (κ1) is 15.3. The SMILES string of the molecule is c1ccc2c(c1)nc1n2c2cc(-c3ncncn3)cc3c2n1c1nc2ccccc2n31. The van der Waals surface area contributed by atoms with Gasteiger partial charge < -0.3 is 0 Å². The zero-order valence-electron chi connectivity index (χ0n) is 16.0. The topological polar surface area (TPSA) is 77.7 Å². The van der Waals surface area contributed by atoms with E-state index in [9.17, 15) is 0 Å². The highest BCUT2D eigenvalue weighted by atomic mass is 15.3. The molecule has 0 amide bonds. The monoisotopic (exact) mass is 400 g/mol. The van der Waals surface area contributed by atoms with Crippen molar-refractivity contribution in [2.24, 2.45) is 0 Å². The zero-order valence-corrected chi connectivity index (χ0v) is 16.0. The Labute approximate surface area is 173 Å². The van der Waals surface area contributed by atoms with Crippen LogP contribution in [0.5, 0.6) is 0 Å². The van der Waals surface area contributed by atoms with Gasteiger partial charge in [0.1, 0.15) is 18.2 Å².